The first-order chi connectivity index (χ1) is 5.88. The maximum atomic E-state index is 4.04. The van der Waals surface area contributed by atoms with Crippen LogP contribution in [0.3, 0.4) is 0 Å². The SMILES string of the molecule is Sn1nnnc1-c1ccccc1.[H-].[Na+]. The molecule has 0 unspecified atom stereocenters. The van der Waals surface area contributed by atoms with E-state index in [-0.39, 0.29) is 31.0 Å². The van der Waals surface area contributed by atoms with Gasteiger partial charge in [0.15, 0.2) is 5.82 Å². The second-order valence-corrected chi connectivity index (χ2v) is 2.64. The summed E-state index contributed by atoms with van der Waals surface area (Å²) >= 11 is 4.04. The quantitative estimate of drug-likeness (QED) is 0.436. The molecule has 1 aromatic carbocycles. The number of benzene rings is 1. The van der Waals surface area contributed by atoms with Crippen LogP contribution in [0.1, 0.15) is 1.43 Å². The average Bonchev–Trinajstić information content (AvgIpc) is 2.53. The predicted molar refractivity (Wildman–Crippen MR) is 48.7 cm³/mol. The number of aromatic nitrogens is 4. The number of hydrogen-bond donors (Lipinski definition) is 1. The molecule has 0 amide bonds. The van der Waals surface area contributed by atoms with Crippen molar-refractivity contribution in [1.82, 2.24) is 19.6 Å². The monoisotopic (exact) mass is 202 g/mol. The molecule has 0 spiro atoms. The first-order valence-corrected chi connectivity index (χ1v) is 3.81. The van der Waals surface area contributed by atoms with Crippen LogP contribution in [0.2, 0.25) is 0 Å². The van der Waals surface area contributed by atoms with E-state index in [4.69, 9.17) is 0 Å². The molecule has 13 heavy (non-hydrogen) atoms. The smallest absolute Gasteiger partial charge is 1.00 e. The molecule has 0 aliphatic carbocycles. The predicted octanol–water partition coefficient (Wildman–Crippen LogP) is -1.85. The van der Waals surface area contributed by atoms with E-state index >= 15 is 0 Å². The van der Waals surface area contributed by atoms with Crippen molar-refractivity contribution in [1.29, 1.82) is 0 Å². The van der Waals surface area contributed by atoms with Crippen LogP contribution in [0, 0.1) is 0 Å². The Morgan fingerprint density at radius 2 is 1.92 bits per heavy atom. The molecule has 1 aromatic heterocycles. The van der Waals surface area contributed by atoms with Crippen molar-refractivity contribution in [3.05, 3.63) is 30.3 Å². The summed E-state index contributed by atoms with van der Waals surface area (Å²) in [4.78, 5) is 0. The number of nitrogens with zero attached hydrogens (tertiary/aromatic N) is 4. The Kier molecular flexibility index (Phi) is 3.92. The third-order valence-electron chi connectivity index (χ3n) is 1.49. The normalized spacial score (nSPS) is 9.31. The van der Waals surface area contributed by atoms with E-state index in [0.29, 0.717) is 5.82 Å². The molecule has 0 fully saturated rings. The third-order valence-corrected chi connectivity index (χ3v) is 1.76. The molecular weight excluding hydrogens is 195 g/mol. The Bertz CT molecular complexity index is 380. The largest absolute Gasteiger partial charge is 1.00 e. The molecule has 0 atom stereocenters. The fraction of sp³-hybridized carbons (Fsp3) is 0. The van der Waals surface area contributed by atoms with Crippen LogP contribution in [-0.2, 0) is 0 Å². The Hall–Kier alpha value is -0.360. The van der Waals surface area contributed by atoms with Crippen molar-refractivity contribution in [2.24, 2.45) is 0 Å². The van der Waals surface area contributed by atoms with Gasteiger partial charge in [0, 0.05) is 5.56 Å². The van der Waals surface area contributed by atoms with Gasteiger partial charge in [0.2, 0.25) is 0 Å². The van der Waals surface area contributed by atoms with Crippen LogP contribution in [0.4, 0.5) is 0 Å². The van der Waals surface area contributed by atoms with Crippen LogP contribution >= 0.6 is 12.8 Å². The van der Waals surface area contributed by atoms with E-state index in [0.717, 1.165) is 5.56 Å². The fourth-order valence-electron chi connectivity index (χ4n) is 0.943. The van der Waals surface area contributed by atoms with Gasteiger partial charge in [0.05, 0.1) is 0 Å². The van der Waals surface area contributed by atoms with Gasteiger partial charge in [0.25, 0.3) is 0 Å². The van der Waals surface area contributed by atoms with Gasteiger partial charge in [0.1, 0.15) is 0 Å². The fourth-order valence-corrected chi connectivity index (χ4v) is 1.13. The molecule has 0 aliphatic rings. The molecule has 0 aliphatic heterocycles. The van der Waals surface area contributed by atoms with Crippen molar-refractivity contribution in [3.8, 4) is 11.4 Å². The minimum Gasteiger partial charge on any atom is -1.00 e. The Morgan fingerprint density at radius 1 is 1.23 bits per heavy atom. The molecule has 2 aromatic rings. The zero-order valence-electron chi connectivity index (χ0n) is 8.12. The van der Waals surface area contributed by atoms with E-state index in [2.05, 4.69) is 28.3 Å². The molecule has 4 nitrogen and oxygen atoms in total. The van der Waals surface area contributed by atoms with Crippen molar-refractivity contribution in [2.45, 2.75) is 0 Å². The molecule has 0 saturated carbocycles. The van der Waals surface area contributed by atoms with Gasteiger partial charge in [-0.3, -0.25) is 0 Å². The molecule has 0 N–H and O–H groups in total. The number of hydrogen-bond acceptors (Lipinski definition) is 4. The van der Waals surface area contributed by atoms with Crippen LogP contribution in [0.15, 0.2) is 30.3 Å². The van der Waals surface area contributed by atoms with Crippen LogP contribution in [-0.4, -0.2) is 19.6 Å². The summed E-state index contributed by atoms with van der Waals surface area (Å²) in [5.74, 6) is 0.652. The topological polar surface area (TPSA) is 43.6 Å². The first-order valence-electron chi connectivity index (χ1n) is 3.41. The van der Waals surface area contributed by atoms with E-state index < -0.39 is 0 Å². The van der Waals surface area contributed by atoms with Gasteiger partial charge in [-0.2, -0.15) is 4.09 Å². The van der Waals surface area contributed by atoms with Crippen molar-refractivity contribution in [2.75, 3.05) is 0 Å². The maximum Gasteiger partial charge on any atom is 1.00 e. The molecule has 0 radical (unpaired) electrons. The number of tetrazole rings is 1. The number of rotatable bonds is 1. The van der Waals surface area contributed by atoms with Crippen LogP contribution < -0.4 is 29.6 Å². The zero-order valence-corrected chi connectivity index (χ0v) is 10.0. The van der Waals surface area contributed by atoms with Gasteiger partial charge in [-0.1, -0.05) is 30.3 Å². The summed E-state index contributed by atoms with van der Waals surface area (Å²) in [6, 6.07) is 9.66. The molecule has 6 heteroatoms. The summed E-state index contributed by atoms with van der Waals surface area (Å²) in [5, 5.41) is 10.9. The average molecular weight is 202 g/mol. The summed E-state index contributed by atoms with van der Waals surface area (Å²) in [6.07, 6.45) is 0. The van der Waals surface area contributed by atoms with Crippen molar-refractivity contribution in [3.63, 3.8) is 0 Å². The van der Waals surface area contributed by atoms with Gasteiger partial charge >= 0.3 is 29.6 Å². The molecular formula is C7H7N4NaS. The minimum absolute atomic E-state index is 0. The number of thiol groups is 1. The minimum atomic E-state index is 0. The van der Waals surface area contributed by atoms with Crippen molar-refractivity contribution >= 4 is 12.8 Å². The van der Waals surface area contributed by atoms with Gasteiger partial charge in [-0.05, 0) is 23.2 Å². The zero-order chi connectivity index (χ0) is 8.39. The van der Waals surface area contributed by atoms with E-state index in [1.54, 1.807) is 0 Å². The molecule has 2 rings (SSSR count). The van der Waals surface area contributed by atoms with Crippen LogP contribution in [0.25, 0.3) is 11.4 Å². The third kappa shape index (κ3) is 2.31. The summed E-state index contributed by atoms with van der Waals surface area (Å²) in [6.45, 7) is 0. The standard InChI is InChI=1S/C7H6N4S.Na.H/c12-11-7(8-9-10-11)6-4-2-1-3-5-6;;/h1-5,12H;;/q;+1;-1. The summed E-state index contributed by atoms with van der Waals surface area (Å²) < 4.78 is 1.34. The van der Waals surface area contributed by atoms with E-state index in [9.17, 15) is 0 Å². The second kappa shape index (κ2) is 4.76. The molecule has 0 saturated heterocycles. The molecule has 0 bridgehead atoms. The Balaban J connectivity index is 0.000000845. The summed E-state index contributed by atoms with van der Waals surface area (Å²) in [5.41, 5.74) is 0.956. The van der Waals surface area contributed by atoms with Gasteiger partial charge < -0.3 is 1.43 Å². The van der Waals surface area contributed by atoms with Crippen LogP contribution in [0.5, 0.6) is 0 Å². The van der Waals surface area contributed by atoms with E-state index in [1.807, 2.05) is 30.3 Å². The second-order valence-electron chi connectivity index (χ2n) is 2.26. The van der Waals surface area contributed by atoms with Crippen molar-refractivity contribution < 1.29 is 31.0 Å². The molecule has 62 valence electrons. The summed E-state index contributed by atoms with van der Waals surface area (Å²) in [7, 11) is 0. The molecule has 1 heterocycles. The maximum absolute atomic E-state index is 4.04. The Morgan fingerprint density at radius 3 is 2.46 bits per heavy atom. The van der Waals surface area contributed by atoms with E-state index in [1.165, 1.54) is 4.09 Å². The van der Waals surface area contributed by atoms with Gasteiger partial charge in [-0.25, -0.2) is 0 Å². The van der Waals surface area contributed by atoms with Gasteiger partial charge in [-0.15, -0.1) is 5.10 Å². The first kappa shape index (κ1) is 10.7. The Labute approximate surface area is 105 Å².